The second-order valence-electron chi connectivity index (χ2n) is 6.62. The molecule has 0 amide bonds. The Morgan fingerprint density at radius 1 is 1.22 bits per heavy atom. The van der Waals surface area contributed by atoms with Crippen LogP contribution >= 0.6 is 0 Å². The molecule has 1 saturated carbocycles. The smallest absolute Gasteiger partial charge is 0.388 e. The molecule has 5 nitrogen and oxygen atoms in total. The van der Waals surface area contributed by atoms with Gasteiger partial charge in [-0.2, -0.15) is 8.78 Å². The maximum Gasteiger partial charge on any atom is 0.388 e. The van der Waals surface area contributed by atoms with Crippen LogP contribution in [0.1, 0.15) is 57.7 Å². The highest BCUT2D eigenvalue weighted by molar-refractivity contribution is 5.32. The normalized spacial score (nSPS) is 15.2. The molecule has 1 N–H and O–H groups in total. The van der Waals surface area contributed by atoms with Gasteiger partial charge in [-0.15, -0.1) is 0 Å². The fourth-order valence-electron chi connectivity index (χ4n) is 1.67. The van der Waals surface area contributed by atoms with Crippen molar-refractivity contribution >= 4 is 0 Å². The van der Waals surface area contributed by atoms with Crippen molar-refractivity contribution in [3.8, 4) is 5.88 Å². The second-order valence-corrected chi connectivity index (χ2v) is 6.62. The van der Waals surface area contributed by atoms with Gasteiger partial charge in [0.25, 0.3) is 0 Å². The van der Waals surface area contributed by atoms with Gasteiger partial charge in [0.15, 0.2) is 0 Å². The third kappa shape index (κ3) is 5.66. The Kier molecular flexibility index (Phi) is 6.41. The number of aromatic nitrogens is 2. The fourth-order valence-corrected chi connectivity index (χ4v) is 1.67. The van der Waals surface area contributed by atoms with E-state index in [-0.39, 0.29) is 5.88 Å². The molecule has 23 heavy (non-hydrogen) atoms. The molecule has 7 heteroatoms. The van der Waals surface area contributed by atoms with Gasteiger partial charge in [-0.3, -0.25) is 0 Å². The van der Waals surface area contributed by atoms with E-state index in [4.69, 9.17) is 4.74 Å². The van der Waals surface area contributed by atoms with Crippen LogP contribution in [0.2, 0.25) is 0 Å². The number of nitrogens with zero attached hydrogens (tertiary/aromatic N) is 2. The van der Waals surface area contributed by atoms with Crippen molar-refractivity contribution in [1.82, 2.24) is 9.97 Å². The summed E-state index contributed by atoms with van der Waals surface area (Å²) in [6.07, 6.45) is 3.43. The minimum Gasteiger partial charge on any atom is -0.417 e. The number of alkyl halides is 2. The van der Waals surface area contributed by atoms with Crippen LogP contribution in [0.4, 0.5) is 8.78 Å². The molecule has 0 bridgehead atoms. The molecule has 0 saturated heterocycles. The Morgan fingerprint density at radius 2 is 1.78 bits per heavy atom. The Bertz CT molecular complexity index is 513. The van der Waals surface area contributed by atoms with Crippen LogP contribution in [0, 0.1) is 6.92 Å². The van der Waals surface area contributed by atoms with Crippen molar-refractivity contribution in [2.75, 3.05) is 7.11 Å². The number of rotatable bonds is 5. The monoisotopic (exact) mass is 332 g/mol. The molecule has 0 spiro atoms. The summed E-state index contributed by atoms with van der Waals surface area (Å²) in [5.74, 6) is 0.412. The zero-order valence-corrected chi connectivity index (χ0v) is 14.6. The third-order valence-electron chi connectivity index (χ3n) is 4.23. The van der Waals surface area contributed by atoms with Gasteiger partial charge in [0.1, 0.15) is 6.33 Å². The maximum absolute atomic E-state index is 12.0. The van der Waals surface area contributed by atoms with E-state index < -0.39 is 17.8 Å². The molecule has 1 fully saturated rings. The summed E-state index contributed by atoms with van der Waals surface area (Å²) >= 11 is 0. The zero-order chi connectivity index (χ0) is 17.8. The molecule has 0 aliphatic heterocycles. The maximum atomic E-state index is 12.0. The standard InChI is InChI=1S/C9H10F2N2O.C7H16O2/c1-5-7(6-2-3-6)12-4-13-8(5)14-9(10)11;1-6(2,8)7(3,4)9-5/h4,6,9H,2-3H2,1H3;8H,1-5H3. The lowest BCUT2D eigenvalue weighted by atomic mass is 9.90. The van der Waals surface area contributed by atoms with Crippen molar-refractivity contribution in [3.63, 3.8) is 0 Å². The number of aliphatic hydroxyl groups is 1. The zero-order valence-electron chi connectivity index (χ0n) is 14.6. The predicted octanol–water partition coefficient (Wildman–Crippen LogP) is 3.45. The first-order valence-electron chi connectivity index (χ1n) is 7.53. The van der Waals surface area contributed by atoms with Gasteiger partial charge >= 0.3 is 6.61 Å². The highest BCUT2D eigenvalue weighted by Crippen LogP contribution is 2.41. The van der Waals surface area contributed by atoms with E-state index in [1.165, 1.54) is 6.33 Å². The highest BCUT2D eigenvalue weighted by Gasteiger charge is 2.34. The van der Waals surface area contributed by atoms with Gasteiger partial charge in [0, 0.05) is 18.6 Å². The number of halogens is 2. The van der Waals surface area contributed by atoms with Gasteiger partial charge in [0.2, 0.25) is 5.88 Å². The van der Waals surface area contributed by atoms with Crippen molar-refractivity contribution in [1.29, 1.82) is 0 Å². The van der Waals surface area contributed by atoms with E-state index >= 15 is 0 Å². The summed E-state index contributed by atoms with van der Waals surface area (Å²) in [7, 11) is 1.60. The Morgan fingerprint density at radius 3 is 2.13 bits per heavy atom. The van der Waals surface area contributed by atoms with Gasteiger partial charge in [0.05, 0.1) is 16.9 Å². The number of methoxy groups -OCH3 is 1. The van der Waals surface area contributed by atoms with E-state index in [1.807, 2.05) is 13.8 Å². The Labute approximate surface area is 136 Å². The van der Waals surface area contributed by atoms with E-state index in [2.05, 4.69) is 14.7 Å². The first-order chi connectivity index (χ1) is 10.5. The van der Waals surface area contributed by atoms with Crippen LogP contribution in [0.15, 0.2) is 6.33 Å². The summed E-state index contributed by atoms with van der Waals surface area (Å²) < 4.78 is 33.3. The molecule has 2 rings (SSSR count). The lowest BCUT2D eigenvalue weighted by Gasteiger charge is -2.35. The van der Waals surface area contributed by atoms with Gasteiger partial charge in [-0.1, -0.05) is 0 Å². The number of hydrogen-bond donors (Lipinski definition) is 1. The quantitative estimate of drug-likeness (QED) is 0.895. The lowest BCUT2D eigenvalue weighted by Crippen LogP contribution is -2.46. The average molecular weight is 332 g/mol. The molecule has 1 heterocycles. The summed E-state index contributed by atoms with van der Waals surface area (Å²) in [5.41, 5.74) is 0.236. The molecule has 1 aromatic heterocycles. The van der Waals surface area contributed by atoms with E-state index in [9.17, 15) is 13.9 Å². The van der Waals surface area contributed by atoms with Crippen LogP contribution in [0.5, 0.6) is 5.88 Å². The van der Waals surface area contributed by atoms with Crippen LogP contribution < -0.4 is 4.74 Å². The molecular formula is C16H26F2N2O3. The topological polar surface area (TPSA) is 64.5 Å². The van der Waals surface area contributed by atoms with Crippen LogP contribution in [0.25, 0.3) is 0 Å². The molecule has 1 aliphatic carbocycles. The predicted molar refractivity (Wildman–Crippen MR) is 82.8 cm³/mol. The van der Waals surface area contributed by atoms with Crippen LogP contribution in [-0.4, -0.2) is 40.0 Å². The largest absolute Gasteiger partial charge is 0.417 e. The Hall–Kier alpha value is -1.34. The fraction of sp³-hybridized carbons (Fsp3) is 0.750. The molecule has 1 aromatic rings. The molecule has 0 unspecified atom stereocenters. The summed E-state index contributed by atoms with van der Waals surface area (Å²) in [6.45, 7) is 6.06. The molecule has 132 valence electrons. The van der Waals surface area contributed by atoms with Crippen LogP contribution in [0.3, 0.4) is 0 Å². The van der Waals surface area contributed by atoms with Crippen molar-refractivity contribution in [2.24, 2.45) is 0 Å². The molecule has 0 aromatic carbocycles. The lowest BCUT2D eigenvalue weighted by molar-refractivity contribution is -0.129. The summed E-state index contributed by atoms with van der Waals surface area (Å²) in [6, 6.07) is 0. The number of ether oxygens (including phenoxy) is 2. The van der Waals surface area contributed by atoms with Gasteiger partial charge in [-0.25, -0.2) is 9.97 Å². The van der Waals surface area contributed by atoms with E-state index in [0.29, 0.717) is 11.5 Å². The van der Waals surface area contributed by atoms with Gasteiger partial charge in [-0.05, 0) is 47.5 Å². The van der Waals surface area contributed by atoms with Crippen molar-refractivity contribution < 1.29 is 23.4 Å². The molecule has 0 radical (unpaired) electrons. The van der Waals surface area contributed by atoms with Crippen molar-refractivity contribution in [3.05, 3.63) is 17.6 Å². The van der Waals surface area contributed by atoms with Gasteiger partial charge < -0.3 is 14.6 Å². The van der Waals surface area contributed by atoms with Crippen molar-refractivity contribution in [2.45, 2.75) is 71.2 Å². The molecule has 1 aliphatic rings. The molecular weight excluding hydrogens is 306 g/mol. The van der Waals surface area contributed by atoms with E-state index in [1.54, 1.807) is 27.9 Å². The van der Waals surface area contributed by atoms with Crippen LogP contribution in [-0.2, 0) is 4.74 Å². The third-order valence-corrected chi connectivity index (χ3v) is 4.23. The molecule has 0 atom stereocenters. The Balaban J connectivity index is 0.000000257. The van der Waals surface area contributed by atoms with E-state index in [0.717, 1.165) is 18.5 Å². The summed E-state index contributed by atoms with van der Waals surface area (Å²) in [5, 5.41) is 9.42. The highest BCUT2D eigenvalue weighted by atomic mass is 19.3. The minimum absolute atomic E-state index is 0.00287. The summed E-state index contributed by atoms with van der Waals surface area (Å²) in [4.78, 5) is 7.75. The average Bonchev–Trinajstić information content (AvgIpc) is 3.24. The SMILES string of the molecule is COC(C)(C)C(C)(C)O.Cc1c(OC(F)F)ncnc1C1CC1. The second kappa shape index (κ2) is 7.49. The minimum atomic E-state index is -2.82. The number of hydrogen-bond acceptors (Lipinski definition) is 5. The first kappa shape index (κ1) is 19.7. The first-order valence-corrected chi connectivity index (χ1v) is 7.53.